The number of hydrogen-bond donors (Lipinski definition) is 1. The highest BCUT2D eigenvalue weighted by molar-refractivity contribution is 5.94. The van der Waals surface area contributed by atoms with Crippen LogP contribution in [0.15, 0.2) is 0 Å². The van der Waals surface area contributed by atoms with Gasteiger partial charge in [-0.3, -0.25) is 14.3 Å². The molecule has 3 aliphatic carbocycles. The first kappa shape index (κ1) is 20.4. The molecule has 6 heteroatoms. The zero-order valence-corrected chi connectivity index (χ0v) is 17.8. The smallest absolute Gasteiger partial charge is 0.311 e. The maximum absolute atomic E-state index is 13.3. The van der Waals surface area contributed by atoms with Crippen molar-refractivity contribution in [1.29, 1.82) is 0 Å². The van der Waals surface area contributed by atoms with Crippen LogP contribution in [0.1, 0.15) is 105 Å². The van der Waals surface area contributed by atoms with Gasteiger partial charge in [0.2, 0.25) is 0 Å². The third-order valence-corrected chi connectivity index (χ3v) is 7.02. The molecule has 4 rings (SSSR count). The number of amides is 1. The molecule has 2 atom stereocenters. The first-order valence-electron chi connectivity index (χ1n) is 11.8. The van der Waals surface area contributed by atoms with Crippen LogP contribution in [0.2, 0.25) is 0 Å². The van der Waals surface area contributed by atoms with Crippen molar-refractivity contribution in [2.75, 3.05) is 6.61 Å². The predicted molar refractivity (Wildman–Crippen MR) is 111 cm³/mol. The average Bonchev–Trinajstić information content (AvgIpc) is 3.15. The highest BCUT2D eigenvalue weighted by Gasteiger charge is 2.35. The quantitative estimate of drug-likeness (QED) is 0.753. The number of carbonyl (C=O) groups excluding carboxylic acids is 2. The first-order valence-corrected chi connectivity index (χ1v) is 11.8. The molecule has 0 saturated heterocycles. The van der Waals surface area contributed by atoms with E-state index in [0.29, 0.717) is 18.3 Å². The molecule has 0 aliphatic heterocycles. The van der Waals surface area contributed by atoms with Crippen LogP contribution < -0.4 is 5.32 Å². The standard InChI is InChI=1S/C23H35N3O3/c1-2-29-23(28)17-12-6-8-14-19(17)24-22(27)21-18-13-7-9-15-20(18)26(25-21)16-10-4-3-5-11-16/h16-17,19H,2-15H2,1H3,(H,24,27)/t17-,19-/m0/s1. The zero-order valence-electron chi connectivity index (χ0n) is 17.8. The molecule has 0 radical (unpaired) electrons. The minimum absolute atomic E-state index is 0.0982. The number of rotatable bonds is 5. The number of ether oxygens (including phenoxy) is 1. The number of nitrogens with one attached hydrogen (secondary N) is 1. The molecular weight excluding hydrogens is 366 g/mol. The van der Waals surface area contributed by atoms with Gasteiger partial charge >= 0.3 is 5.97 Å². The largest absolute Gasteiger partial charge is 0.466 e. The predicted octanol–water partition coefficient (Wildman–Crippen LogP) is 4.12. The number of carbonyl (C=O) groups is 2. The van der Waals surface area contributed by atoms with Crippen molar-refractivity contribution in [2.24, 2.45) is 5.92 Å². The van der Waals surface area contributed by atoms with Crippen molar-refractivity contribution >= 4 is 11.9 Å². The number of fused-ring (bicyclic) bond motifs is 1. The molecule has 29 heavy (non-hydrogen) atoms. The van der Waals surface area contributed by atoms with E-state index in [-0.39, 0.29) is 23.8 Å². The Kier molecular flexibility index (Phi) is 6.56. The molecule has 1 heterocycles. The molecule has 1 amide bonds. The number of aromatic nitrogens is 2. The Balaban J connectivity index is 1.54. The van der Waals surface area contributed by atoms with Gasteiger partial charge in [0, 0.05) is 17.3 Å². The van der Waals surface area contributed by atoms with Crippen LogP contribution in [0.3, 0.4) is 0 Å². The second-order valence-corrected chi connectivity index (χ2v) is 8.94. The van der Waals surface area contributed by atoms with E-state index in [4.69, 9.17) is 9.84 Å². The first-order chi connectivity index (χ1) is 14.2. The van der Waals surface area contributed by atoms with Crippen LogP contribution in [0.4, 0.5) is 0 Å². The Labute approximate surface area is 173 Å². The van der Waals surface area contributed by atoms with Gasteiger partial charge in [0.15, 0.2) is 5.69 Å². The van der Waals surface area contributed by atoms with E-state index in [2.05, 4.69) is 10.00 Å². The summed E-state index contributed by atoms with van der Waals surface area (Å²) in [5.41, 5.74) is 3.06. The van der Waals surface area contributed by atoms with Gasteiger partial charge in [-0.05, 0) is 58.3 Å². The van der Waals surface area contributed by atoms with Crippen molar-refractivity contribution < 1.29 is 14.3 Å². The second kappa shape index (κ2) is 9.31. The lowest BCUT2D eigenvalue weighted by Crippen LogP contribution is -2.46. The molecule has 0 spiro atoms. The fourth-order valence-corrected chi connectivity index (χ4v) is 5.51. The van der Waals surface area contributed by atoms with Crippen molar-refractivity contribution in [2.45, 2.75) is 102 Å². The van der Waals surface area contributed by atoms with Gasteiger partial charge in [0.25, 0.3) is 5.91 Å². The van der Waals surface area contributed by atoms with Crippen molar-refractivity contribution in [1.82, 2.24) is 15.1 Å². The summed E-state index contributed by atoms with van der Waals surface area (Å²) in [7, 11) is 0. The fourth-order valence-electron chi connectivity index (χ4n) is 5.51. The molecule has 3 aliphatic rings. The Morgan fingerprint density at radius 1 is 1.00 bits per heavy atom. The lowest BCUT2D eigenvalue weighted by Gasteiger charge is -2.30. The van der Waals surface area contributed by atoms with E-state index in [1.54, 1.807) is 0 Å². The third kappa shape index (κ3) is 4.36. The van der Waals surface area contributed by atoms with E-state index in [0.717, 1.165) is 50.5 Å². The summed E-state index contributed by atoms with van der Waals surface area (Å²) in [6.45, 7) is 2.22. The molecule has 6 nitrogen and oxygen atoms in total. The van der Waals surface area contributed by atoms with Gasteiger partial charge in [-0.2, -0.15) is 5.10 Å². The van der Waals surface area contributed by atoms with Crippen LogP contribution >= 0.6 is 0 Å². The Morgan fingerprint density at radius 3 is 2.52 bits per heavy atom. The summed E-state index contributed by atoms with van der Waals surface area (Å²) in [5, 5.41) is 8.05. The monoisotopic (exact) mass is 401 g/mol. The van der Waals surface area contributed by atoms with Gasteiger partial charge in [-0.15, -0.1) is 0 Å². The van der Waals surface area contributed by atoms with E-state index >= 15 is 0 Å². The van der Waals surface area contributed by atoms with Crippen LogP contribution in [-0.4, -0.2) is 34.3 Å². The third-order valence-electron chi connectivity index (χ3n) is 7.02. The van der Waals surface area contributed by atoms with E-state index in [9.17, 15) is 9.59 Å². The van der Waals surface area contributed by atoms with Crippen molar-refractivity contribution in [3.8, 4) is 0 Å². The molecule has 0 unspecified atom stereocenters. The van der Waals surface area contributed by atoms with Gasteiger partial charge < -0.3 is 10.1 Å². The fraction of sp³-hybridized carbons (Fsp3) is 0.783. The average molecular weight is 402 g/mol. The SMILES string of the molecule is CCOC(=O)[C@H]1CCCC[C@@H]1NC(=O)c1nn(C2CCCCC2)c2c1CCCC2. The Morgan fingerprint density at radius 2 is 1.72 bits per heavy atom. The molecule has 1 aromatic heterocycles. The minimum atomic E-state index is -0.232. The molecule has 1 aromatic rings. The molecule has 0 bridgehead atoms. The topological polar surface area (TPSA) is 73.2 Å². The van der Waals surface area contributed by atoms with Crippen LogP contribution in [0, 0.1) is 5.92 Å². The van der Waals surface area contributed by atoms with Gasteiger partial charge in [0.05, 0.1) is 18.6 Å². The van der Waals surface area contributed by atoms with Crippen LogP contribution in [-0.2, 0) is 22.4 Å². The second-order valence-electron chi connectivity index (χ2n) is 8.94. The normalized spacial score (nSPS) is 25.3. The summed E-state index contributed by atoms with van der Waals surface area (Å²) >= 11 is 0. The van der Waals surface area contributed by atoms with Crippen molar-refractivity contribution in [3.63, 3.8) is 0 Å². The summed E-state index contributed by atoms with van der Waals surface area (Å²) in [4.78, 5) is 25.6. The minimum Gasteiger partial charge on any atom is -0.466 e. The van der Waals surface area contributed by atoms with Crippen LogP contribution in [0.25, 0.3) is 0 Å². The number of esters is 1. The highest BCUT2D eigenvalue weighted by atomic mass is 16.5. The Bertz CT molecular complexity index is 736. The molecule has 1 N–H and O–H groups in total. The summed E-state index contributed by atoms with van der Waals surface area (Å²) in [5.74, 6) is -0.505. The number of hydrogen-bond acceptors (Lipinski definition) is 4. The molecule has 2 fully saturated rings. The lowest BCUT2D eigenvalue weighted by atomic mass is 9.84. The van der Waals surface area contributed by atoms with E-state index in [1.165, 1.54) is 44.2 Å². The maximum Gasteiger partial charge on any atom is 0.311 e. The van der Waals surface area contributed by atoms with Gasteiger partial charge in [0.1, 0.15) is 0 Å². The molecule has 0 aromatic carbocycles. The lowest BCUT2D eigenvalue weighted by molar-refractivity contribution is -0.150. The Hall–Kier alpha value is -1.85. The maximum atomic E-state index is 13.3. The molecule has 160 valence electrons. The van der Waals surface area contributed by atoms with Crippen molar-refractivity contribution in [3.05, 3.63) is 17.0 Å². The number of nitrogens with zero attached hydrogens (tertiary/aromatic N) is 2. The highest BCUT2D eigenvalue weighted by Crippen LogP contribution is 2.34. The van der Waals surface area contributed by atoms with Crippen LogP contribution in [0.5, 0.6) is 0 Å². The molecular formula is C23H35N3O3. The van der Waals surface area contributed by atoms with E-state index in [1.807, 2.05) is 6.92 Å². The van der Waals surface area contributed by atoms with Gasteiger partial charge in [-0.25, -0.2) is 0 Å². The summed E-state index contributed by atoms with van der Waals surface area (Å²) < 4.78 is 7.46. The zero-order chi connectivity index (χ0) is 20.2. The summed E-state index contributed by atoms with van der Waals surface area (Å²) in [6, 6.07) is 0.300. The van der Waals surface area contributed by atoms with Gasteiger partial charge in [-0.1, -0.05) is 32.1 Å². The molecule has 2 saturated carbocycles. The summed E-state index contributed by atoms with van der Waals surface area (Å²) in [6.07, 6.45) is 14.1. The van der Waals surface area contributed by atoms with E-state index < -0.39 is 0 Å².